The number of carboxylic acids is 2. The second-order valence-corrected chi connectivity index (χ2v) is 2.96. The maximum absolute atomic E-state index is 10.6. The molecule has 0 radical (unpaired) electrons. The number of hydrogen-bond acceptors (Lipinski definition) is 5. The number of carbonyl (C=O) groups is 3. The largest absolute Gasteiger partial charge is 0.509 e. The molecule has 0 spiro atoms. The number of cyclic esters (lactones) is 2. The van der Waals surface area contributed by atoms with E-state index in [9.17, 15) is 14.4 Å². The van der Waals surface area contributed by atoms with E-state index in [1.165, 1.54) is 0 Å². The molecule has 0 atom stereocenters. The second kappa shape index (κ2) is 3.52. The van der Waals surface area contributed by atoms with E-state index in [-0.39, 0.29) is 6.61 Å². The van der Waals surface area contributed by atoms with E-state index in [0.717, 1.165) is 0 Å². The van der Waals surface area contributed by atoms with Crippen LogP contribution in [-0.4, -0.2) is 40.5 Å². The Hall–Kier alpha value is -1.79. The first-order valence-corrected chi connectivity index (χ1v) is 3.73. The zero-order valence-corrected chi connectivity index (χ0v) is 7.06. The average Bonchev–Trinajstić information content (AvgIpc) is 2.28. The number of carboxylic acid groups (broad SMARTS) is 2. The van der Waals surface area contributed by atoms with Gasteiger partial charge in [0.2, 0.25) is 0 Å². The Kier molecular flexibility index (Phi) is 2.59. The van der Waals surface area contributed by atoms with Crippen molar-refractivity contribution in [2.24, 2.45) is 0 Å². The summed E-state index contributed by atoms with van der Waals surface area (Å²) in [6.07, 6.45) is -2.19. The highest BCUT2D eigenvalue weighted by Gasteiger charge is 2.46. The third kappa shape index (κ3) is 2.35. The highest BCUT2D eigenvalue weighted by atomic mass is 16.8. The molecule has 1 saturated heterocycles. The van der Waals surface area contributed by atoms with Crippen molar-refractivity contribution in [3.8, 4) is 0 Å². The van der Waals surface area contributed by atoms with Gasteiger partial charge in [0, 0.05) is 0 Å². The van der Waals surface area contributed by atoms with E-state index < -0.39 is 36.5 Å². The van der Waals surface area contributed by atoms with Crippen LogP contribution in [0.3, 0.4) is 0 Å². The highest BCUT2D eigenvalue weighted by molar-refractivity contribution is 5.75. The van der Waals surface area contributed by atoms with E-state index in [2.05, 4.69) is 9.47 Å². The number of ether oxygens (including phenoxy) is 2. The summed E-state index contributed by atoms with van der Waals surface area (Å²) < 4.78 is 8.93. The first-order valence-electron chi connectivity index (χ1n) is 3.73. The van der Waals surface area contributed by atoms with Crippen molar-refractivity contribution in [1.29, 1.82) is 0 Å². The van der Waals surface area contributed by atoms with Crippen LogP contribution >= 0.6 is 0 Å². The monoisotopic (exact) mass is 204 g/mol. The van der Waals surface area contributed by atoms with Crippen LogP contribution in [0.2, 0.25) is 0 Å². The highest BCUT2D eigenvalue weighted by Crippen LogP contribution is 2.27. The van der Waals surface area contributed by atoms with Gasteiger partial charge in [0.05, 0.1) is 12.8 Å². The minimum atomic E-state index is -1.56. The van der Waals surface area contributed by atoms with Gasteiger partial charge in [-0.05, 0) is 0 Å². The first-order chi connectivity index (χ1) is 6.43. The molecule has 0 saturated carbocycles. The maximum atomic E-state index is 10.6. The van der Waals surface area contributed by atoms with Crippen LogP contribution in [0.5, 0.6) is 0 Å². The van der Waals surface area contributed by atoms with E-state index in [1.54, 1.807) is 0 Å². The van der Waals surface area contributed by atoms with Crippen molar-refractivity contribution in [3.63, 3.8) is 0 Å². The lowest BCUT2D eigenvalue weighted by Crippen LogP contribution is -2.37. The zero-order chi connectivity index (χ0) is 10.8. The molecule has 1 fully saturated rings. The summed E-state index contributed by atoms with van der Waals surface area (Å²) in [5, 5.41) is 17.0. The fourth-order valence-corrected chi connectivity index (χ4v) is 1.21. The van der Waals surface area contributed by atoms with Gasteiger partial charge in [-0.2, -0.15) is 0 Å². The predicted octanol–water partition coefficient (Wildman–Crippen LogP) is -0.159. The van der Waals surface area contributed by atoms with E-state index >= 15 is 0 Å². The van der Waals surface area contributed by atoms with Crippen LogP contribution in [0, 0.1) is 0 Å². The van der Waals surface area contributed by atoms with Crippen molar-refractivity contribution >= 4 is 18.1 Å². The molecule has 0 bridgehead atoms. The summed E-state index contributed by atoms with van der Waals surface area (Å²) in [6, 6.07) is 0. The van der Waals surface area contributed by atoms with E-state index in [0.29, 0.717) is 0 Å². The maximum Gasteiger partial charge on any atom is 0.509 e. The van der Waals surface area contributed by atoms with Crippen molar-refractivity contribution in [2.75, 3.05) is 6.61 Å². The molecule has 2 N–H and O–H groups in total. The molecule has 1 aliphatic rings. The van der Waals surface area contributed by atoms with Crippen LogP contribution < -0.4 is 0 Å². The SMILES string of the molecule is O=C(O)CC1(CC(=O)O)COC(=O)O1. The summed E-state index contributed by atoms with van der Waals surface area (Å²) in [5.74, 6) is -2.49. The summed E-state index contributed by atoms with van der Waals surface area (Å²) in [7, 11) is 0. The molecular formula is C7H8O7. The lowest BCUT2D eigenvalue weighted by molar-refractivity contribution is -0.146. The second-order valence-electron chi connectivity index (χ2n) is 2.96. The molecule has 1 rings (SSSR count). The smallest absolute Gasteiger partial charge is 0.481 e. The number of aliphatic carboxylic acids is 2. The molecule has 0 aromatic carbocycles. The molecule has 0 unspecified atom stereocenters. The molecule has 1 aliphatic heterocycles. The Morgan fingerprint density at radius 2 is 1.79 bits per heavy atom. The van der Waals surface area contributed by atoms with Gasteiger partial charge >= 0.3 is 18.1 Å². The third-order valence-electron chi connectivity index (χ3n) is 1.70. The minimum absolute atomic E-state index is 0.343. The quantitative estimate of drug-likeness (QED) is 0.612. The standard InChI is InChI=1S/C7H8O7/c8-4(9)1-7(2-5(10)11)3-13-6(12)14-7/h1-3H2,(H,8,9)(H,10,11). The van der Waals surface area contributed by atoms with Crippen LogP contribution in [0.15, 0.2) is 0 Å². The number of hydrogen-bond donors (Lipinski definition) is 2. The fourth-order valence-electron chi connectivity index (χ4n) is 1.21. The van der Waals surface area contributed by atoms with Crippen molar-refractivity contribution in [2.45, 2.75) is 18.4 Å². The predicted molar refractivity (Wildman–Crippen MR) is 39.7 cm³/mol. The Morgan fingerprint density at radius 3 is 2.07 bits per heavy atom. The summed E-state index contributed by atoms with van der Waals surface area (Å²) in [4.78, 5) is 31.4. The van der Waals surface area contributed by atoms with E-state index in [1.807, 2.05) is 0 Å². The van der Waals surface area contributed by atoms with Gasteiger partial charge in [-0.3, -0.25) is 9.59 Å². The molecule has 0 aromatic heterocycles. The summed E-state index contributed by atoms with van der Waals surface area (Å²) >= 11 is 0. The van der Waals surface area contributed by atoms with Gasteiger partial charge in [0.15, 0.2) is 5.60 Å². The summed E-state index contributed by atoms with van der Waals surface area (Å²) in [5.41, 5.74) is -1.56. The Labute approximate surface area is 78.2 Å². The van der Waals surface area contributed by atoms with Crippen LogP contribution in [-0.2, 0) is 19.1 Å². The third-order valence-corrected chi connectivity index (χ3v) is 1.70. The molecule has 78 valence electrons. The van der Waals surface area contributed by atoms with Gasteiger partial charge in [-0.1, -0.05) is 0 Å². The van der Waals surface area contributed by atoms with Crippen LogP contribution in [0.1, 0.15) is 12.8 Å². The normalized spacial score (nSPS) is 18.4. The number of carbonyl (C=O) groups excluding carboxylic acids is 1. The van der Waals surface area contributed by atoms with Gasteiger partial charge < -0.3 is 19.7 Å². The molecule has 0 aromatic rings. The van der Waals surface area contributed by atoms with Gasteiger partial charge in [-0.25, -0.2) is 4.79 Å². The molecule has 0 amide bonds. The lowest BCUT2D eigenvalue weighted by atomic mass is 9.97. The lowest BCUT2D eigenvalue weighted by Gasteiger charge is -2.20. The number of rotatable bonds is 4. The van der Waals surface area contributed by atoms with E-state index in [4.69, 9.17) is 10.2 Å². The minimum Gasteiger partial charge on any atom is -0.481 e. The van der Waals surface area contributed by atoms with Crippen LogP contribution in [0.25, 0.3) is 0 Å². The summed E-state index contributed by atoms with van der Waals surface area (Å²) in [6.45, 7) is -0.343. The zero-order valence-electron chi connectivity index (χ0n) is 7.06. The van der Waals surface area contributed by atoms with Crippen LogP contribution in [0.4, 0.5) is 4.79 Å². The first kappa shape index (κ1) is 10.3. The Bertz CT molecular complexity index is 266. The molecule has 7 nitrogen and oxygen atoms in total. The topological polar surface area (TPSA) is 110 Å². The average molecular weight is 204 g/mol. The van der Waals surface area contributed by atoms with Gasteiger partial charge in [0.25, 0.3) is 0 Å². The Morgan fingerprint density at radius 1 is 1.29 bits per heavy atom. The van der Waals surface area contributed by atoms with Gasteiger partial charge in [0.1, 0.15) is 6.61 Å². The molecule has 0 aliphatic carbocycles. The fraction of sp³-hybridized carbons (Fsp3) is 0.571. The molecule has 14 heavy (non-hydrogen) atoms. The molecule has 1 heterocycles. The molecule has 7 heteroatoms. The van der Waals surface area contributed by atoms with Crippen molar-refractivity contribution < 1.29 is 34.1 Å². The Balaban J connectivity index is 2.74. The van der Waals surface area contributed by atoms with Gasteiger partial charge in [-0.15, -0.1) is 0 Å². The van der Waals surface area contributed by atoms with Crippen molar-refractivity contribution in [1.82, 2.24) is 0 Å². The molecular weight excluding hydrogens is 196 g/mol. The van der Waals surface area contributed by atoms with Crippen molar-refractivity contribution in [3.05, 3.63) is 0 Å².